The van der Waals surface area contributed by atoms with E-state index in [1.54, 1.807) is 0 Å². The molecule has 0 radical (unpaired) electrons. The lowest BCUT2D eigenvalue weighted by atomic mass is 10.0. The average Bonchev–Trinajstić information content (AvgIpc) is 2.63. The predicted octanol–water partition coefficient (Wildman–Crippen LogP) is 4.69. The van der Waals surface area contributed by atoms with Gasteiger partial charge in [0.25, 0.3) is 0 Å². The number of hydrogen-bond acceptors (Lipinski definition) is 1. The van der Waals surface area contributed by atoms with E-state index in [2.05, 4.69) is 32.7 Å². The van der Waals surface area contributed by atoms with Crippen molar-refractivity contribution < 1.29 is 4.79 Å². The second-order valence-corrected chi connectivity index (χ2v) is 7.07. The highest BCUT2D eigenvalue weighted by atomic mass is 35.5. The Balaban J connectivity index is 2.07. The van der Waals surface area contributed by atoms with Crippen molar-refractivity contribution in [2.75, 3.05) is 0 Å². The minimum Gasteiger partial charge on any atom is -0.360 e. The van der Waals surface area contributed by atoms with Crippen LogP contribution in [0, 0.1) is 16.7 Å². The quantitative estimate of drug-likeness (QED) is 0.793. The number of aromatic amines is 1. The number of H-pyrrole nitrogens is 1. The number of rotatable bonds is 2. The van der Waals surface area contributed by atoms with E-state index in [-0.39, 0.29) is 22.5 Å². The summed E-state index contributed by atoms with van der Waals surface area (Å²) >= 11 is 6.03. The molecule has 3 heteroatoms. The number of ketones is 1. The van der Waals surface area contributed by atoms with E-state index in [1.807, 2.05) is 24.4 Å². The Kier molecular flexibility index (Phi) is 2.44. The van der Waals surface area contributed by atoms with Crippen molar-refractivity contribution in [2.24, 2.45) is 16.7 Å². The number of hydrogen-bond donors (Lipinski definition) is 1. The maximum atomic E-state index is 12.8. The number of nitrogens with one attached hydrogen (secondary N) is 1. The van der Waals surface area contributed by atoms with Crippen molar-refractivity contribution in [2.45, 2.75) is 27.7 Å². The summed E-state index contributed by atoms with van der Waals surface area (Å²) < 4.78 is 0. The Labute approximate surface area is 118 Å². The molecule has 1 N–H and O–H groups in total. The van der Waals surface area contributed by atoms with Gasteiger partial charge in [0.1, 0.15) is 0 Å². The van der Waals surface area contributed by atoms with Gasteiger partial charge in [0, 0.05) is 33.6 Å². The molecule has 19 heavy (non-hydrogen) atoms. The van der Waals surface area contributed by atoms with Crippen LogP contribution in [0.3, 0.4) is 0 Å². The van der Waals surface area contributed by atoms with Gasteiger partial charge in [0.15, 0.2) is 5.78 Å². The van der Waals surface area contributed by atoms with Crippen LogP contribution in [-0.4, -0.2) is 10.8 Å². The van der Waals surface area contributed by atoms with Crippen LogP contribution in [0.15, 0.2) is 24.4 Å². The van der Waals surface area contributed by atoms with Crippen LogP contribution in [0.2, 0.25) is 5.02 Å². The zero-order chi connectivity index (χ0) is 14.0. The lowest BCUT2D eigenvalue weighted by Gasteiger charge is -2.03. The molecule has 1 aliphatic carbocycles. The van der Waals surface area contributed by atoms with Crippen molar-refractivity contribution in [3.8, 4) is 0 Å². The maximum absolute atomic E-state index is 12.8. The Morgan fingerprint density at radius 2 is 1.84 bits per heavy atom. The third kappa shape index (κ3) is 1.59. The highest BCUT2D eigenvalue weighted by molar-refractivity contribution is 6.31. The fourth-order valence-electron chi connectivity index (χ4n) is 3.30. The molecule has 0 atom stereocenters. The molecule has 0 bridgehead atoms. The number of carbonyl (C=O) groups is 1. The van der Waals surface area contributed by atoms with Crippen LogP contribution >= 0.6 is 11.6 Å². The third-order valence-electron chi connectivity index (χ3n) is 5.19. The number of carbonyl (C=O) groups excluding carboxylic acids is 1. The van der Waals surface area contributed by atoms with Crippen molar-refractivity contribution in [3.05, 3.63) is 35.0 Å². The number of aromatic nitrogens is 1. The van der Waals surface area contributed by atoms with E-state index in [0.29, 0.717) is 5.02 Å². The van der Waals surface area contributed by atoms with Crippen LogP contribution in [0.5, 0.6) is 0 Å². The second kappa shape index (κ2) is 3.63. The first-order valence-electron chi connectivity index (χ1n) is 6.57. The first-order chi connectivity index (χ1) is 8.76. The summed E-state index contributed by atoms with van der Waals surface area (Å²) in [4.78, 5) is 15.9. The predicted molar refractivity (Wildman–Crippen MR) is 78.7 cm³/mol. The third-order valence-corrected chi connectivity index (χ3v) is 5.43. The van der Waals surface area contributed by atoms with E-state index in [4.69, 9.17) is 11.6 Å². The normalized spacial score (nSPS) is 20.7. The molecule has 0 aliphatic heterocycles. The standard InChI is InChI=1S/C16H18ClNO/c1-15(2)14(16(15,3)4)13(19)11-8-18-12-6-5-9(17)7-10(11)12/h5-8,14,18H,1-4H3. The van der Waals surface area contributed by atoms with Gasteiger partial charge in [0.05, 0.1) is 0 Å². The molecule has 0 amide bonds. The molecular formula is C16H18ClNO. The monoisotopic (exact) mass is 275 g/mol. The van der Waals surface area contributed by atoms with Gasteiger partial charge in [0.2, 0.25) is 0 Å². The minimum atomic E-state index is 0.0618. The van der Waals surface area contributed by atoms with E-state index in [0.717, 1.165) is 16.5 Å². The number of halogens is 1. The summed E-state index contributed by atoms with van der Waals surface area (Å²) in [5.41, 5.74) is 1.85. The van der Waals surface area contributed by atoms with Gasteiger partial charge < -0.3 is 4.98 Å². The fraction of sp³-hybridized carbons (Fsp3) is 0.438. The van der Waals surface area contributed by atoms with Crippen LogP contribution in [0.4, 0.5) is 0 Å². The molecule has 0 saturated heterocycles. The first kappa shape index (κ1) is 12.7. The molecule has 100 valence electrons. The second-order valence-electron chi connectivity index (χ2n) is 6.63. The van der Waals surface area contributed by atoms with Gasteiger partial charge in [-0.3, -0.25) is 4.79 Å². The van der Waals surface area contributed by atoms with Crippen molar-refractivity contribution in [1.82, 2.24) is 4.98 Å². The molecule has 1 aromatic heterocycles. The molecule has 1 fully saturated rings. The van der Waals surface area contributed by atoms with Crippen LogP contribution in [-0.2, 0) is 0 Å². The average molecular weight is 276 g/mol. The zero-order valence-electron chi connectivity index (χ0n) is 11.7. The first-order valence-corrected chi connectivity index (χ1v) is 6.95. The lowest BCUT2D eigenvalue weighted by Crippen LogP contribution is -2.06. The topological polar surface area (TPSA) is 32.9 Å². The van der Waals surface area contributed by atoms with Gasteiger partial charge in [-0.1, -0.05) is 39.3 Å². The van der Waals surface area contributed by atoms with Gasteiger partial charge in [-0.05, 0) is 29.0 Å². The largest absolute Gasteiger partial charge is 0.360 e. The Bertz CT molecular complexity index is 667. The van der Waals surface area contributed by atoms with Crippen LogP contribution in [0.1, 0.15) is 38.1 Å². The molecule has 2 nitrogen and oxygen atoms in total. The number of fused-ring (bicyclic) bond motifs is 1. The van der Waals surface area contributed by atoms with Gasteiger partial charge >= 0.3 is 0 Å². The molecular weight excluding hydrogens is 258 g/mol. The molecule has 0 unspecified atom stereocenters. The molecule has 2 aromatic rings. The van der Waals surface area contributed by atoms with Gasteiger partial charge in [-0.2, -0.15) is 0 Å². The molecule has 3 rings (SSSR count). The zero-order valence-corrected chi connectivity index (χ0v) is 12.4. The summed E-state index contributed by atoms with van der Waals surface area (Å²) in [6, 6.07) is 5.61. The van der Waals surface area contributed by atoms with E-state index in [1.165, 1.54) is 0 Å². The van der Waals surface area contributed by atoms with Gasteiger partial charge in [-0.25, -0.2) is 0 Å². The summed E-state index contributed by atoms with van der Waals surface area (Å²) in [6.07, 6.45) is 1.81. The Morgan fingerprint density at radius 1 is 1.21 bits per heavy atom. The molecule has 0 spiro atoms. The maximum Gasteiger partial charge on any atom is 0.169 e. The molecule has 1 heterocycles. The lowest BCUT2D eigenvalue weighted by molar-refractivity contribution is 0.0947. The van der Waals surface area contributed by atoms with E-state index in [9.17, 15) is 4.79 Å². The minimum absolute atomic E-state index is 0.0618. The summed E-state index contributed by atoms with van der Waals surface area (Å²) in [7, 11) is 0. The highest BCUT2D eigenvalue weighted by Crippen LogP contribution is 2.69. The fourth-order valence-corrected chi connectivity index (χ4v) is 3.48. The molecule has 1 aliphatic rings. The van der Waals surface area contributed by atoms with Crippen LogP contribution in [0.25, 0.3) is 10.9 Å². The summed E-state index contributed by atoms with van der Waals surface area (Å²) in [5.74, 6) is 0.307. The van der Waals surface area contributed by atoms with E-state index >= 15 is 0 Å². The summed E-state index contributed by atoms with van der Waals surface area (Å²) in [6.45, 7) is 8.66. The van der Waals surface area contributed by atoms with E-state index < -0.39 is 0 Å². The van der Waals surface area contributed by atoms with Crippen molar-refractivity contribution in [1.29, 1.82) is 0 Å². The molecule has 1 saturated carbocycles. The summed E-state index contributed by atoms with van der Waals surface area (Å²) in [5, 5.41) is 1.59. The highest BCUT2D eigenvalue weighted by Gasteiger charge is 2.68. The molecule has 1 aromatic carbocycles. The Morgan fingerprint density at radius 3 is 2.42 bits per heavy atom. The Hall–Kier alpha value is -1.28. The number of Topliss-reactive ketones (excluding diaryl/α,β-unsaturated/α-hetero) is 1. The van der Waals surface area contributed by atoms with Crippen molar-refractivity contribution >= 4 is 28.3 Å². The smallest absolute Gasteiger partial charge is 0.169 e. The number of benzene rings is 1. The van der Waals surface area contributed by atoms with Crippen LogP contribution < -0.4 is 0 Å². The van der Waals surface area contributed by atoms with Crippen molar-refractivity contribution in [3.63, 3.8) is 0 Å². The SMILES string of the molecule is CC1(C)C(C(=O)c2c[nH]c3ccc(Cl)cc23)C1(C)C. The van der Waals surface area contributed by atoms with Gasteiger partial charge in [-0.15, -0.1) is 0 Å².